The molecular formula is C52H46. The second-order valence-corrected chi connectivity index (χ2v) is 15.6. The van der Waals surface area contributed by atoms with Gasteiger partial charge in [0.05, 0.1) is 0 Å². The molecule has 6 unspecified atom stereocenters. The van der Waals surface area contributed by atoms with Gasteiger partial charge in [0.25, 0.3) is 0 Å². The maximum atomic E-state index is 2.59. The van der Waals surface area contributed by atoms with Gasteiger partial charge in [-0.25, -0.2) is 0 Å². The van der Waals surface area contributed by atoms with Crippen LogP contribution >= 0.6 is 0 Å². The van der Waals surface area contributed by atoms with E-state index in [0.29, 0.717) is 35.5 Å². The van der Waals surface area contributed by atoms with E-state index in [1.165, 1.54) is 60.6 Å². The summed E-state index contributed by atoms with van der Waals surface area (Å²) in [6, 6.07) is 9.31. The molecule has 0 saturated carbocycles. The van der Waals surface area contributed by atoms with Crippen LogP contribution in [0.1, 0.15) is 38.5 Å². The van der Waals surface area contributed by atoms with E-state index in [0.717, 1.165) is 38.5 Å². The number of hydrogen-bond donors (Lipinski definition) is 0. The summed E-state index contributed by atoms with van der Waals surface area (Å²) >= 11 is 0. The Morgan fingerprint density at radius 2 is 1.10 bits per heavy atom. The number of benzene rings is 1. The summed E-state index contributed by atoms with van der Waals surface area (Å²) in [4.78, 5) is 0. The van der Waals surface area contributed by atoms with Crippen LogP contribution < -0.4 is 10.4 Å². The molecule has 0 fully saturated rings. The van der Waals surface area contributed by atoms with Gasteiger partial charge in [0.15, 0.2) is 0 Å². The predicted molar refractivity (Wildman–Crippen MR) is 219 cm³/mol. The van der Waals surface area contributed by atoms with Crippen molar-refractivity contribution in [2.45, 2.75) is 38.5 Å². The molecule has 0 spiro atoms. The highest BCUT2D eigenvalue weighted by atomic mass is 14.4. The van der Waals surface area contributed by atoms with Gasteiger partial charge in [0.1, 0.15) is 0 Å². The Morgan fingerprint density at radius 3 is 1.83 bits per heavy atom. The van der Waals surface area contributed by atoms with E-state index in [9.17, 15) is 0 Å². The van der Waals surface area contributed by atoms with Crippen molar-refractivity contribution < 1.29 is 0 Å². The standard InChI is InChI=1S/C52H46/c1-3-15-41-37(12-1)14-11-23-42(41)38-30-26-35(27-31-38)24-25-36-28-32-39(33-29-36)51-46-19-7-9-21-48(46)52(49-22-10-8-20-47(49)51)50-34-40-13-2-4-16-43(40)44-17-5-6-18-45(44)50/h1,3-12,14-26,28,30,32,34,37,41,44-46,48H,2,13,27,29,31,33H2. The van der Waals surface area contributed by atoms with Crippen molar-refractivity contribution in [1.29, 1.82) is 0 Å². The molecule has 1 aromatic rings. The molecule has 0 saturated heterocycles. The lowest BCUT2D eigenvalue weighted by Gasteiger charge is -2.40. The third kappa shape index (κ3) is 5.52. The summed E-state index contributed by atoms with van der Waals surface area (Å²) in [5, 5.41) is 2.86. The highest BCUT2D eigenvalue weighted by Crippen LogP contribution is 2.50. The van der Waals surface area contributed by atoms with E-state index in [2.05, 4.69) is 170 Å². The molecule has 0 nitrogen and oxygen atoms in total. The van der Waals surface area contributed by atoms with E-state index < -0.39 is 0 Å². The summed E-state index contributed by atoms with van der Waals surface area (Å²) in [5.41, 5.74) is 15.0. The molecule has 9 aliphatic carbocycles. The van der Waals surface area contributed by atoms with Crippen LogP contribution in [0.2, 0.25) is 0 Å². The van der Waals surface area contributed by atoms with Crippen molar-refractivity contribution >= 4 is 11.1 Å². The van der Waals surface area contributed by atoms with Gasteiger partial charge in [-0.15, -0.1) is 0 Å². The van der Waals surface area contributed by atoms with Gasteiger partial charge in [-0.3, -0.25) is 0 Å². The van der Waals surface area contributed by atoms with Gasteiger partial charge >= 0.3 is 0 Å². The molecule has 52 heavy (non-hydrogen) atoms. The molecule has 1 aromatic carbocycles. The number of allylic oxidation sites excluding steroid dienone is 32. The number of hydrogen-bond acceptors (Lipinski definition) is 0. The molecular weight excluding hydrogens is 625 g/mol. The van der Waals surface area contributed by atoms with Crippen molar-refractivity contribution in [3.8, 4) is 0 Å². The Balaban J connectivity index is 0.983. The van der Waals surface area contributed by atoms with Crippen molar-refractivity contribution in [3.63, 3.8) is 0 Å². The van der Waals surface area contributed by atoms with Crippen molar-refractivity contribution in [2.24, 2.45) is 35.5 Å². The fourth-order valence-corrected chi connectivity index (χ4v) is 10.2. The molecule has 0 amide bonds. The zero-order valence-corrected chi connectivity index (χ0v) is 29.9. The molecule has 254 valence electrons. The van der Waals surface area contributed by atoms with Crippen molar-refractivity contribution in [2.75, 3.05) is 0 Å². The van der Waals surface area contributed by atoms with Crippen LogP contribution in [0.4, 0.5) is 0 Å². The lowest BCUT2D eigenvalue weighted by molar-refractivity contribution is 0.583. The topological polar surface area (TPSA) is 0 Å². The Labute approximate surface area is 309 Å². The molecule has 0 bridgehead atoms. The minimum atomic E-state index is 0.335. The van der Waals surface area contributed by atoms with Crippen LogP contribution in [-0.2, 0) is 0 Å². The molecule has 0 N–H and O–H groups in total. The van der Waals surface area contributed by atoms with E-state index >= 15 is 0 Å². The van der Waals surface area contributed by atoms with Gasteiger partial charge in [-0.2, -0.15) is 0 Å². The zero-order valence-electron chi connectivity index (χ0n) is 29.9. The van der Waals surface area contributed by atoms with Crippen LogP contribution in [0.25, 0.3) is 11.1 Å². The average Bonchev–Trinajstić information content (AvgIpc) is 3.22. The minimum absolute atomic E-state index is 0.335. The van der Waals surface area contributed by atoms with E-state index in [4.69, 9.17) is 0 Å². The average molecular weight is 671 g/mol. The molecule has 0 radical (unpaired) electrons. The van der Waals surface area contributed by atoms with E-state index in [1.807, 2.05) is 0 Å². The van der Waals surface area contributed by atoms with Crippen LogP contribution in [0.5, 0.6) is 0 Å². The second-order valence-electron chi connectivity index (χ2n) is 15.6. The lowest BCUT2D eigenvalue weighted by Crippen LogP contribution is -2.42. The predicted octanol–water partition coefficient (Wildman–Crippen LogP) is 11.0. The number of rotatable bonds is 5. The van der Waals surface area contributed by atoms with Crippen LogP contribution in [-0.4, -0.2) is 0 Å². The summed E-state index contributed by atoms with van der Waals surface area (Å²) < 4.78 is 0. The first kappa shape index (κ1) is 31.5. The van der Waals surface area contributed by atoms with Gasteiger partial charge < -0.3 is 0 Å². The summed E-state index contributed by atoms with van der Waals surface area (Å²) in [5.74, 6) is 2.46. The number of fused-ring (bicyclic) bond motifs is 5. The van der Waals surface area contributed by atoms with Gasteiger partial charge in [-0.1, -0.05) is 170 Å². The fourth-order valence-electron chi connectivity index (χ4n) is 10.2. The fraction of sp³-hybridized carbons (Fsp3) is 0.231. The smallest absolute Gasteiger partial charge is 0.0134 e. The third-order valence-corrected chi connectivity index (χ3v) is 12.8. The van der Waals surface area contributed by atoms with Crippen LogP contribution in [0, 0.1) is 35.5 Å². The molecule has 0 aromatic heterocycles. The second kappa shape index (κ2) is 13.4. The van der Waals surface area contributed by atoms with E-state index in [-0.39, 0.29) is 0 Å². The molecule has 0 heterocycles. The molecule has 10 rings (SSSR count). The SMILES string of the molecule is C1=CC2C=CC=C(C3=CC=C(C=CC4=CC=C(C5=c6ccccc6=C(C6=CC7=C(C=CCC7)C7C=CC=CC67)C6C=CC=CC56)CC4)CC3)C2C=C1. The Bertz CT molecular complexity index is 2360. The molecule has 9 aliphatic rings. The molecule has 6 atom stereocenters. The lowest BCUT2D eigenvalue weighted by atomic mass is 9.63. The Kier molecular flexibility index (Phi) is 8.13. The third-order valence-electron chi connectivity index (χ3n) is 12.8. The first-order chi connectivity index (χ1) is 25.8. The molecule has 0 aliphatic heterocycles. The minimum Gasteiger partial charge on any atom is -0.0839 e. The Hall–Kier alpha value is -5.20. The normalized spacial score (nSPS) is 30.8. The first-order valence-corrected chi connectivity index (χ1v) is 19.7. The highest BCUT2D eigenvalue weighted by molar-refractivity contribution is 5.82. The van der Waals surface area contributed by atoms with Crippen molar-refractivity contribution in [3.05, 3.63) is 225 Å². The quantitative estimate of drug-likeness (QED) is 0.292. The largest absolute Gasteiger partial charge is 0.0839 e. The summed E-state index contributed by atoms with van der Waals surface area (Å²) in [6.45, 7) is 0. The summed E-state index contributed by atoms with van der Waals surface area (Å²) in [6.07, 6.45) is 63.4. The highest BCUT2D eigenvalue weighted by Gasteiger charge is 2.39. The first-order valence-electron chi connectivity index (χ1n) is 19.7. The van der Waals surface area contributed by atoms with Crippen LogP contribution in [0.15, 0.2) is 215 Å². The zero-order chi connectivity index (χ0) is 34.4. The Morgan fingerprint density at radius 1 is 0.481 bits per heavy atom. The molecule has 0 heteroatoms. The van der Waals surface area contributed by atoms with Gasteiger partial charge in [0.2, 0.25) is 0 Å². The van der Waals surface area contributed by atoms with Gasteiger partial charge in [0, 0.05) is 35.5 Å². The maximum Gasteiger partial charge on any atom is 0.0134 e. The maximum absolute atomic E-state index is 2.59. The monoisotopic (exact) mass is 670 g/mol. The van der Waals surface area contributed by atoms with Gasteiger partial charge in [-0.05, 0) is 105 Å². The van der Waals surface area contributed by atoms with E-state index in [1.54, 1.807) is 5.57 Å². The summed E-state index contributed by atoms with van der Waals surface area (Å²) in [7, 11) is 0. The van der Waals surface area contributed by atoms with Crippen molar-refractivity contribution in [1.82, 2.24) is 0 Å². The van der Waals surface area contributed by atoms with Crippen LogP contribution in [0.3, 0.4) is 0 Å².